The minimum Gasteiger partial charge on any atom is -0.0616 e. The van der Waals surface area contributed by atoms with Gasteiger partial charge in [-0.05, 0) is 107 Å². The average molecular weight is 597 g/mol. The van der Waals surface area contributed by atoms with E-state index >= 15 is 0 Å². The lowest BCUT2D eigenvalue weighted by Gasteiger charge is -2.18. The van der Waals surface area contributed by atoms with Crippen LogP contribution >= 0.6 is 0 Å². The van der Waals surface area contributed by atoms with Gasteiger partial charge in [-0.1, -0.05) is 169 Å². The summed E-state index contributed by atoms with van der Waals surface area (Å²) >= 11 is 0. The minimum atomic E-state index is 1.22. The second kappa shape index (κ2) is 11.1. The van der Waals surface area contributed by atoms with E-state index in [9.17, 15) is 0 Å². The van der Waals surface area contributed by atoms with Crippen molar-refractivity contribution in [1.29, 1.82) is 0 Å². The van der Waals surface area contributed by atoms with Crippen molar-refractivity contribution in [3.63, 3.8) is 0 Å². The van der Waals surface area contributed by atoms with Crippen LogP contribution in [0.15, 0.2) is 176 Å². The molecule has 9 rings (SSSR count). The Morgan fingerprint density at radius 1 is 0.277 bits per heavy atom. The van der Waals surface area contributed by atoms with Crippen LogP contribution in [-0.2, 0) is 0 Å². The molecule has 47 heavy (non-hydrogen) atoms. The maximum atomic E-state index is 2.41. The van der Waals surface area contributed by atoms with Gasteiger partial charge in [-0.25, -0.2) is 0 Å². The zero-order valence-electron chi connectivity index (χ0n) is 26.2. The average Bonchev–Trinajstić information content (AvgIpc) is 3.13. The smallest absolute Gasteiger partial charge is 0.00261 e. The topological polar surface area (TPSA) is 0 Å². The molecule has 0 radical (unpaired) electrons. The third-order valence-electron chi connectivity index (χ3n) is 9.72. The van der Waals surface area contributed by atoms with Gasteiger partial charge in [-0.15, -0.1) is 0 Å². The van der Waals surface area contributed by atoms with E-state index in [1.807, 2.05) is 0 Å². The number of benzene rings is 9. The first-order valence-corrected chi connectivity index (χ1v) is 16.4. The third kappa shape index (κ3) is 4.61. The molecule has 0 saturated carbocycles. The molecule has 0 aliphatic carbocycles. The first-order chi connectivity index (χ1) is 23.2. The van der Waals surface area contributed by atoms with Crippen molar-refractivity contribution in [2.45, 2.75) is 6.92 Å². The Bertz CT molecular complexity index is 2560. The molecular weight excluding hydrogens is 565 g/mol. The highest BCUT2D eigenvalue weighted by Gasteiger charge is 2.17. The number of fused-ring (bicyclic) bond motifs is 4. The number of hydrogen-bond acceptors (Lipinski definition) is 0. The van der Waals surface area contributed by atoms with E-state index < -0.39 is 0 Å². The van der Waals surface area contributed by atoms with E-state index in [-0.39, 0.29) is 0 Å². The van der Waals surface area contributed by atoms with E-state index in [2.05, 4.69) is 183 Å². The van der Waals surface area contributed by atoms with Crippen LogP contribution in [-0.4, -0.2) is 0 Å². The maximum Gasteiger partial charge on any atom is -0.00261 e. The van der Waals surface area contributed by atoms with Crippen LogP contribution in [0.3, 0.4) is 0 Å². The molecule has 220 valence electrons. The standard InChI is InChI=1S/C47H32/c1-31-23-25-34(26-24-31)46-41-17-4-6-19-43(41)47(44-20-7-5-18-42(44)46)37-28-27-33-13-10-22-40(45(33)30-37)36-15-8-14-35(29-36)39-21-9-12-32-11-2-3-16-38(32)39/h2-30H,1H3. The highest BCUT2D eigenvalue weighted by atomic mass is 14.2. The van der Waals surface area contributed by atoms with Crippen molar-refractivity contribution in [1.82, 2.24) is 0 Å². The van der Waals surface area contributed by atoms with Gasteiger partial charge in [0.15, 0.2) is 0 Å². The quantitative estimate of drug-likeness (QED) is 0.177. The van der Waals surface area contributed by atoms with Gasteiger partial charge in [0.25, 0.3) is 0 Å². The first-order valence-electron chi connectivity index (χ1n) is 16.4. The lowest BCUT2D eigenvalue weighted by atomic mass is 9.85. The molecule has 0 atom stereocenters. The third-order valence-corrected chi connectivity index (χ3v) is 9.72. The van der Waals surface area contributed by atoms with Crippen molar-refractivity contribution in [3.05, 3.63) is 181 Å². The van der Waals surface area contributed by atoms with Crippen LogP contribution in [0.5, 0.6) is 0 Å². The van der Waals surface area contributed by atoms with Gasteiger partial charge in [0.05, 0.1) is 0 Å². The molecule has 0 bridgehead atoms. The molecule has 0 aliphatic heterocycles. The second-order valence-electron chi connectivity index (χ2n) is 12.6. The summed E-state index contributed by atoms with van der Waals surface area (Å²) in [5.74, 6) is 0. The zero-order chi connectivity index (χ0) is 31.3. The second-order valence-corrected chi connectivity index (χ2v) is 12.6. The van der Waals surface area contributed by atoms with Gasteiger partial charge in [0.1, 0.15) is 0 Å². The predicted molar refractivity (Wildman–Crippen MR) is 203 cm³/mol. The summed E-state index contributed by atoms with van der Waals surface area (Å²) in [6.45, 7) is 2.15. The minimum absolute atomic E-state index is 1.22. The molecule has 0 nitrogen and oxygen atoms in total. The van der Waals surface area contributed by atoms with Gasteiger partial charge in [0, 0.05) is 0 Å². The Kier molecular flexibility index (Phi) is 6.47. The monoisotopic (exact) mass is 596 g/mol. The van der Waals surface area contributed by atoms with Crippen LogP contribution < -0.4 is 0 Å². The van der Waals surface area contributed by atoms with Crippen molar-refractivity contribution in [2.24, 2.45) is 0 Å². The lowest BCUT2D eigenvalue weighted by molar-refractivity contribution is 1.47. The molecule has 0 spiro atoms. The van der Waals surface area contributed by atoms with E-state index in [0.29, 0.717) is 0 Å². The van der Waals surface area contributed by atoms with Crippen molar-refractivity contribution >= 4 is 43.1 Å². The molecule has 9 aromatic carbocycles. The molecule has 0 aliphatic rings. The van der Waals surface area contributed by atoms with Crippen LogP contribution in [0.1, 0.15) is 5.56 Å². The van der Waals surface area contributed by atoms with Crippen LogP contribution in [0.2, 0.25) is 0 Å². The SMILES string of the molecule is Cc1ccc(-c2c3ccccc3c(-c3ccc4cccc(-c5cccc(-c6cccc7ccccc67)c5)c4c3)c3ccccc23)cc1. The highest BCUT2D eigenvalue weighted by Crippen LogP contribution is 2.45. The molecular formula is C47H32. The van der Waals surface area contributed by atoms with Crippen LogP contribution in [0.4, 0.5) is 0 Å². The van der Waals surface area contributed by atoms with Gasteiger partial charge in [0.2, 0.25) is 0 Å². The normalized spacial score (nSPS) is 11.5. The van der Waals surface area contributed by atoms with Gasteiger partial charge in [-0.2, -0.15) is 0 Å². The number of aryl methyl sites for hydroxylation is 1. The molecule has 0 unspecified atom stereocenters. The predicted octanol–water partition coefficient (Wildman–Crippen LogP) is 13.3. The molecule has 0 N–H and O–H groups in total. The Hall–Kier alpha value is -5.98. The highest BCUT2D eigenvalue weighted by molar-refractivity contribution is 6.22. The molecule has 0 heterocycles. The van der Waals surface area contributed by atoms with E-state index in [4.69, 9.17) is 0 Å². The fourth-order valence-electron chi connectivity index (χ4n) is 7.48. The van der Waals surface area contributed by atoms with E-state index in [1.54, 1.807) is 0 Å². The van der Waals surface area contributed by atoms with Crippen LogP contribution in [0, 0.1) is 6.92 Å². The van der Waals surface area contributed by atoms with Crippen LogP contribution in [0.25, 0.3) is 87.6 Å². The first kappa shape index (κ1) is 27.3. The zero-order valence-corrected chi connectivity index (χ0v) is 26.2. The number of rotatable bonds is 4. The maximum absolute atomic E-state index is 2.41. The summed E-state index contributed by atoms with van der Waals surface area (Å²) in [5.41, 5.74) is 11.3. The molecule has 0 amide bonds. The Balaban J connectivity index is 1.27. The van der Waals surface area contributed by atoms with Gasteiger partial charge in [-0.3, -0.25) is 0 Å². The Labute approximate surface area is 275 Å². The van der Waals surface area contributed by atoms with E-state index in [0.717, 1.165) is 0 Å². The fourth-order valence-corrected chi connectivity index (χ4v) is 7.48. The molecule has 0 heteroatoms. The molecule has 9 aromatic rings. The largest absolute Gasteiger partial charge is 0.0616 e. The summed E-state index contributed by atoms with van der Waals surface area (Å²) in [6.07, 6.45) is 0. The molecule has 0 saturated heterocycles. The van der Waals surface area contributed by atoms with Gasteiger partial charge >= 0.3 is 0 Å². The van der Waals surface area contributed by atoms with Crippen molar-refractivity contribution in [3.8, 4) is 44.5 Å². The fraction of sp³-hybridized carbons (Fsp3) is 0.0213. The lowest BCUT2D eigenvalue weighted by Crippen LogP contribution is -1.91. The summed E-state index contributed by atoms with van der Waals surface area (Å²) in [5, 5.41) is 10.1. The summed E-state index contributed by atoms with van der Waals surface area (Å²) < 4.78 is 0. The Morgan fingerprint density at radius 3 is 1.34 bits per heavy atom. The van der Waals surface area contributed by atoms with Gasteiger partial charge < -0.3 is 0 Å². The van der Waals surface area contributed by atoms with Crippen molar-refractivity contribution < 1.29 is 0 Å². The number of hydrogen-bond donors (Lipinski definition) is 0. The summed E-state index contributed by atoms with van der Waals surface area (Å²) in [7, 11) is 0. The molecule has 0 aromatic heterocycles. The summed E-state index contributed by atoms with van der Waals surface area (Å²) in [6, 6.07) is 64.7. The summed E-state index contributed by atoms with van der Waals surface area (Å²) in [4.78, 5) is 0. The Morgan fingerprint density at radius 2 is 0.723 bits per heavy atom. The van der Waals surface area contributed by atoms with E-state index in [1.165, 1.54) is 93.2 Å². The van der Waals surface area contributed by atoms with Crippen molar-refractivity contribution in [2.75, 3.05) is 0 Å². The molecule has 0 fully saturated rings.